The Morgan fingerprint density at radius 3 is 3.06 bits per heavy atom. The molecule has 5 nitrogen and oxygen atoms in total. The molecule has 90 valence electrons. The third-order valence-corrected chi connectivity index (χ3v) is 2.88. The van der Waals surface area contributed by atoms with Crippen molar-refractivity contribution in [2.24, 2.45) is 0 Å². The summed E-state index contributed by atoms with van der Waals surface area (Å²) >= 11 is 0. The van der Waals surface area contributed by atoms with Crippen LogP contribution in [0.4, 0.5) is 5.69 Å². The van der Waals surface area contributed by atoms with Crippen molar-refractivity contribution in [2.75, 3.05) is 18.9 Å². The number of fused-ring (bicyclic) bond motifs is 1. The second-order valence-corrected chi connectivity index (χ2v) is 4.21. The van der Waals surface area contributed by atoms with Crippen molar-refractivity contribution >= 4 is 16.8 Å². The van der Waals surface area contributed by atoms with E-state index in [9.17, 15) is 0 Å². The van der Waals surface area contributed by atoms with Gasteiger partial charge in [0.15, 0.2) is 5.58 Å². The molecule has 0 aliphatic carbocycles. The molecular weight excluding hydrogens is 218 g/mol. The molecule has 1 aromatic heterocycles. The summed E-state index contributed by atoms with van der Waals surface area (Å²) < 4.78 is 5.64. The van der Waals surface area contributed by atoms with E-state index in [1.54, 1.807) is 0 Å². The van der Waals surface area contributed by atoms with E-state index in [1.165, 1.54) is 0 Å². The fourth-order valence-electron chi connectivity index (χ4n) is 2.01. The molecule has 17 heavy (non-hydrogen) atoms. The van der Waals surface area contributed by atoms with Gasteiger partial charge in [-0.05, 0) is 25.0 Å². The summed E-state index contributed by atoms with van der Waals surface area (Å²) in [6, 6.07) is 5.56. The van der Waals surface area contributed by atoms with Crippen LogP contribution in [0.2, 0.25) is 0 Å². The second-order valence-electron chi connectivity index (χ2n) is 4.21. The molecule has 1 fully saturated rings. The molecule has 1 aliphatic heterocycles. The zero-order valence-electron chi connectivity index (χ0n) is 9.56. The molecule has 5 heteroatoms. The van der Waals surface area contributed by atoms with E-state index in [2.05, 4.69) is 4.98 Å². The standard InChI is InChI=1S/C12H15N3O2/c13-9-4-3-5-10-12(9)14-11(17-10)8-15-6-1-2-7-16-15/h3-5H,1-2,6-8,13H2. The number of anilines is 1. The minimum Gasteiger partial charge on any atom is -0.439 e. The van der Waals surface area contributed by atoms with Gasteiger partial charge in [-0.15, -0.1) is 0 Å². The van der Waals surface area contributed by atoms with Crippen LogP contribution in [0.1, 0.15) is 18.7 Å². The van der Waals surface area contributed by atoms with E-state index < -0.39 is 0 Å². The predicted octanol–water partition coefficient (Wildman–Crippen LogP) is 1.94. The van der Waals surface area contributed by atoms with Crippen LogP contribution >= 0.6 is 0 Å². The van der Waals surface area contributed by atoms with Gasteiger partial charge in [0.05, 0.1) is 12.3 Å². The average molecular weight is 233 g/mol. The Balaban J connectivity index is 1.83. The van der Waals surface area contributed by atoms with Crippen LogP contribution in [0.25, 0.3) is 11.1 Å². The second kappa shape index (κ2) is 4.35. The summed E-state index contributed by atoms with van der Waals surface area (Å²) in [6.07, 6.45) is 2.28. The number of hydrogen-bond acceptors (Lipinski definition) is 5. The topological polar surface area (TPSA) is 64.5 Å². The Bertz CT molecular complexity index is 517. The molecule has 0 unspecified atom stereocenters. The summed E-state index contributed by atoms with van der Waals surface area (Å²) in [6.45, 7) is 2.28. The van der Waals surface area contributed by atoms with Crippen molar-refractivity contribution in [1.82, 2.24) is 10.0 Å². The Labute approximate surface area is 99.1 Å². The molecule has 1 saturated heterocycles. The normalized spacial score (nSPS) is 17.6. The lowest BCUT2D eigenvalue weighted by molar-refractivity contribution is -0.190. The predicted molar refractivity (Wildman–Crippen MR) is 64.0 cm³/mol. The monoisotopic (exact) mass is 233 g/mol. The summed E-state index contributed by atoms with van der Waals surface area (Å²) in [5.41, 5.74) is 7.95. The quantitative estimate of drug-likeness (QED) is 0.803. The van der Waals surface area contributed by atoms with Crippen LogP contribution in [-0.2, 0) is 11.4 Å². The highest BCUT2D eigenvalue weighted by Crippen LogP contribution is 2.22. The first-order chi connectivity index (χ1) is 8.33. The van der Waals surface area contributed by atoms with Crippen LogP contribution in [0.15, 0.2) is 22.6 Å². The van der Waals surface area contributed by atoms with Gasteiger partial charge in [-0.3, -0.25) is 4.84 Å². The highest BCUT2D eigenvalue weighted by Gasteiger charge is 2.15. The van der Waals surface area contributed by atoms with E-state index in [1.807, 2.05) is 23.3 Å². The molecule has 2 N–H and O–H groups in total. The number of nitrogens with zero attached hydrogens (tertiary/aromatic N) is 2. The van der Waals surface area contributed by atoms with Crippen molar-refractivity contribution in [1.29, 1.82) is 0 Å². The molecule has 2 aromatic rings. The Kier molecular flexibility index (Phi) is 2.70. The number of hydroxylamine groups is 2. The molecule has 1 aliphatic rings. The van der Waals surface area contributed by atoms with Crippen molar-refractivity contribution in [3.8, 4) is 0 Å². The van der Waals surface area contributed by atoms with Gasteiger partial charge in [-0.25, -0.2) is 4.98 Å². The number of nitrogen functional groups attached to an aromatic ring is 1. The average Bonchev–Trinajstić information content (AvgIpc) is 2.74. The number of nitrogens with two attached hydrogens (primary N) is 1. The third kappa shape index (κ3) is 2.11. The van der Waals surface area contributed by atoms with Gasteiger partial charge in [0.1, 0.15) is 12.1 Å². The maximum Gasteiger partial charge on any atom is 0.212 e. The first kappa shape index (κ1) is 10.6. The molecule has 0 saturated carbocycles. The van der Waals surface area contributed by atoms with Gasteiger partial charge in [-0.2, -0.15) is 5.06 Å². The zero-order chi connectivity index (χ0) is 11.7. The first-order valence-electron chi connectivity index (χ1n) is 5.85. The van der Waals surface area contributed by atoms with E-state index in [4.69, 9.17) is 15.0 Å². The van der Waals surface area contributed by atoms with Crippen LogP contribution in [-0.4, -0.2) is 23.2 Å². The lowest BCUT2D eigenvalue weighted by atomic mass is 10.3. The van der Waals surface area contributed by atoms with Crippen molar-refractivity contribution in [3.63, 3.8) is 0 Å². The number of benzene rings is 1. The molecule has 3 rings (SSSR count). The molecule has 2 heterocycles. The van der Waals surface area contributed by atoms with Crippen LogP contribution in [0.5, 0.6) is 0 Å². The summed E-state index contributed by atoms with van der Waals surface area (Å²) in [7, 11) is 0. The highest BCUT2D eigenvalue weighted by molar-refractivity contribution is 5.85. The maximum atomic E-state index is 5.84. The molecular formula is C12H15N3O2. The molecule has 0 spiro atoms. The minimum absolute atomic E-state index is 0.578. The van der Waals surface area contributed by atoms with Gasteiger partial charge < -0.3 is 10.2 Å². The summed E-state index contributed by atoms with van der Waals surface area (Å²) in [5.74, 6) is 0.653. The number of oxazole rings is 1. The fourth-order valence-corrected chi connectivity index (χ4v) is 2.01. The first-order valence-corrected chi connectivity index (χ1v) is 5.85. The molecule has 0 amide bonds. The highest BCUT2D eigenvalue weighted by atomic mass is 16.7. The summed E-state index contributed by atoms with van der Waals surface area (Å²) in [4.78, 5) is 9.90. The van der Waals surface area contributed by atoms with Gasteiger partial charge in [0, 0.05) is 6.54 Å². The lowest BCUT2D eigenvalue weighted by Gasteiger charge is -2.24. The number of aromatic nitrogens is 1. The Hall–Kier alpha value is -1.59. The van der Waals surface area contributed by atoms with Crippen molar-refractivity contribution in [3.05, 3.63) is 24.1 Å². The number of rotatable bonds is 2. The van der Waals surface area contributed by atoms with E-state index >= 15 is 0 Å². The van der Waals surface area contributed by atoms with Crippen LogP contribution in [0, 0.1) is 0 Å². The van der Waals surface area contributed by atoms with Crippen LogP contribution in [0.3, 0.4) is 0 Å². The molecule has 0 bridgehead atoms. The van der Waals surface area contributed by atoms with Gasteiger partial charge in [0.2, 0.25) is 5.89 Å². The fraction of sp³-hybridized carbons (Fsp3) is 0.417. The van der Waals surface area contributed by atoms with Crippen molar-refractivity contribution in [2.45, 2.75) is 19.4 Å². The molecule has 0 radical (unpaired) electrons. The van der Waals surface area contributed by atoms with Crippen LogP contribution < -0.4 is 5.73 Å². The SMILES string of the molecule is Nc1cccc2oc(CN3CCCCO3)nc12. The number of para-hydroxylation sites is 1. The number of hydrogen-bond donors (Lipinski definition) is 1. The Morgan fingerprint density at radius 1 is 1.35 bits per heavy atom. The lowest BCUT2D eigenvalue weighted by Crippen LogP contribution is -2.29. The van der Waals surface area contributed by atoms with Gasteiger partial charge in [0.25, 0.3) is 0 Å². The van der Waals surface area contributed by atoms with E-state index in [0.717, 1.165) is 37.1 Å². The zero-order valence-corrected chi connectivity index (χ0v) is 9.56. The molecule has 1 aromatic carbocycles. The Morgan fingerprint density at radius 2 is 2.29 bits per heavy atom. The largest absolute Gasteiger partial charge is 0.439 e. The van der Waals surface area contributed by atoms with Crippen molar-refractivity contribution < 1.29 is 9.25 Å². The van der Waals surface area contributed by atoms with Gasteiger partial charge >= 0.3 is 0 Å². The molecule has 0 atom stereocenters. The minimum atomic E-state index is 0.578. The van der Waals surface area contributed by atoms with Gasteiger partial charge in [-0.1, -0.05) is 6.07 Å². The van der Waals surface area contributed by atoms with E-state index in [0.29, 0.717) is 18.1 Å². The maximum absolute atomic E-state index is 5.84. The smallest absolute Gasteiger partial charge is 0.212 e. The third-order valence-electron chi connectivity index (χ3n) is 2.88. The summed E-state index contributed by atoms with van der Waals surface area (Å²) in [5, 5.41) is 1.89. The van der Waals surface area contributed by atoms with E-state index in [-0.39, 0.29) is 0 Å².